The van der Waals surface area contributed by atoms with E-state index in [2.05, 4.69) is 16.1 Å². The highest BCUT2D eigenvalue weighted by atomic mass is 16.3. The standard InChI is InChI=1S/C25H29N3O3/c1-13(2)18-10-20(23(30)11-22(18)29)24-15(4)16(5)26-25(31)28(24)17-7-8-21-19(9-17)14(3)12-27(21)6/h7-13,16,29-30H,1-6H3,(H,26,31). The summed E-state index contributed by atoms with van der Waals surface area (Å²) in [5, 5.41) is 25.2. The third-order valence-electron chi connectivity index (χ3n) is 6.24. The van der Waals surface area contributed by atoms with Crippen molar-refractivity contribution in [2.24, 2.45) is 7.05 Å². The Balaban J connectivity index is 1.97. The first kappa shape index (κ1) is 20.8. The van der Waals surface area contributed by atoms with Crippen molar-refractivity contribution < 1.29 is 15.0 Å². The summed E-state index contributed by atoms with van der Waals surface area (Å²) in [6.07, 6.45) is 2.06. The molecule has 0 radical (unpaired) electrons. The molecule has 1 aliphatic rings. The second kappa shape index (κ2) is 7.38. The lowest BCUT2D eigenvalue weighted by Gasteiger charge is -2.36. The molecule has 3 aromatic rings. The van der Waals surface area contributed by atoms with Gasteiger partial charge in [-0.25, -0.2) is 4.79 Å². The van der Waals surface area contributed by atoms with E-state index in [1.165, 1.54) is 6.07 Å². The third-order valence-corrected chi connectivity index (χ3v) is 6.24. The van der Waals surface area contributed by atoms with Crippen LogP contribution >= 0.6 is 0 Å². The van der Waals surface area contributed by atoms with Gasteiger partial charge in [0.1, 0.15) is 11.5 Å². The Morgan fingerprint density at radius 1 is 1.06 bits per heavy atom. The number of aromatic hydroxyl groups is 2. The quantitative estimate of drug-likeness (QED) is 0.534. The normalized spacial score (nSPS) is 17.1. The molecule has 2 aromatic carbocycles. The lowest BCUT2D eigenvalue weighted by Crippen LogP contribution is -2.49. The Hall–Kier alpha value is -3.41. The van der Waals surface area contributed by atoms with Crippen molar-refractivity contribution in [2.75, 3.05) is 4.90 Å². The highest BCUT2D eigenvalue weighted by molar-refractivity contribution is 6.09. The Morgan fingerprint density at radius 3 is 2.45 bits per heavy atom. The van der Waals surface area contributed by atoms with Crippen molar-refractivity contribution in [3.8, 4) is 11.5 Å². The fourth-order valence-corrected chi connectivity index (χ4v) is 4.38. The van der Waals surface area contributed by atoms with Crippen molar-refractivity contribution in [2.45, 2.75) is 46.6 Å². The van der Waals surface area contributed by atoms with E-state index in [1.807, 2.05) is 59.9 Å². The Labute approximate surface area is 182 Å². The van der Waals surface area contributed by atoms with Crippen LogP contribution in [0.3, 0.4) is 0 Å². The van der Waals surface area contributed by atoms with Gasteiger partial charge >= 0.3 is 6.03 Å². The first-order valence-corrected chi connectivity index (χ1v) is 10.5. The summed E-state index contributed by atoms with van der Waals surface area (Å²) < 4.78 is 2.06. The minimum atomic E-state index is -0.250. The summed E-state index contributed by atoms with van der Waals surface area (Å²) in [5.41, 5.74) is 5.76. The smallest absolute Gasteiger partial charge is 0.326 e. The molecule has 1 unspecified atom stereocenters. The number of urea groups is 1. The number of phenolic OH excluding ortho intramolecular Hbond substituents is 2. The van der Waals surface area contributed by atoms with Gasteiger partial charge < -0.3 is 20.1 Å². The number of hydrogen-bond donors (Lipinski definition) is 3. The Bertz CT molecular complexity index is 1240. The van der Waals surface area contributed by atoms with Gasteiger partial charge in [-0.2, -0.15) is 0 Å². The van der Waals surface area contributed by atoms with Crippen LogP contribution in [-0.2, 0) is 7.05 Å². The molecule has 0 bridgehead atoms. The van der Waals surface area contributed by atoms with E-state index in [9.17, 15) is 15.0 Å². The van der Waals surface area contributed by atoms with E-state index in [0.29, 0.717) is 11.3 Å². The monoisotopic (exact) mass is 419 g/mol. The van der Waals surface area contributed by atoms with Gasteiger partial charge in [-0.05, 0) is 67.7 Å². The maximum Gasteiger partial charge on any atom is 0.326 e. The summed E-state index contributed by atoms with van der Waals surface area (Å²) >= 11 is 0. The summed E-state index contributed by atoms with van der Waals surface area (Å²) in [4.78, 5) is 14.8. The number of nitrogens with one attached hydrogen (secondary N) is 1. The van der Waals surface area contributed by atoms with Gasteiger partial charge in [0.25, 0.3) is 0 Å². The van der Waals surface area contributed by atoms with Crippen LogP contribution in [-0.4, -0.2) is 26.9 Å². The van der Waals surface area contributed by atoms with E-state index in [-0.39, 0.29) is 29.5 Å². The molecule has 1 aromatic heterocycles. The summed E-state index contributed by atoms with van der Waals surface area (Å²) in [6.45, 7) is 9.90. The third kappa shape index (κ3) is 3.32. The number of carbonyl (C=O) groups is 1. The average molecular weight is 420 g/mol. The van der Waals surface area contributed by atoms with Crippen molar-refractivity contribution in [3.05, 3.63) is 58.8 Å². The van der Waals surface area contributed by atoms with Crippen LogP contribution in [0.4, 0.5) is 10.5 Å². The molecule has 2 amide bonds. The molecule has 3 N–H and O–H groups in total. The van der Waals surface area contributed by atoms with Gasteiger partial charge in [0, 0.05) is 35.8 Å². The SMILES string of the molecule is CC1=C(c2cc(C(C)C)c(O)cc2O)N(c2ccc3c(c2)c(C)cn3C)C(=O)NC1C. The number of benzene rings is 2. The Kier molecular flexibility index (Phi) is 4.96. The fourth-order valence-electron chi connectivity index (χ4n) is 4.38. The Morgan fingerprint density at radius 2 is 1.77 bits per heavy atom. The van der Waals surface area contributed by atoms with Gasteiger partial charge in [0.15, 0.2) is 0 Å². The molecule has 2 heterocycles. The van der Waals surface area contributed by atoms with Gasteiger partial charge in [0.05, 0.1) is 17.4 Å². The van der Waals surface area contributed by atoms with Crippen LogP contribution in [0.25, 0.3) is 16.6 Å². The predicted molar refractivity (Wildman–Crippen MR) is 125 cm³/mol. The molecule has 1 atom stereocenters. The molecule has 0 fully saturated rings. The molecule has 0 aliphatic carbocycles. The first-order chi connectivity index (χ1) is 14.6. The number of amides is 2. The average Bonchev–Trinajstić information content (AvgIpc) is 2.98. The fraction of sp³-hybridized carbons (Fsp3) is 0.320. The number of aromatic nitrogens is 1. The van der Waals surface area contributed by atoms with E-state index >= 15 is 0 Å². The highest BCUT2D eigenvalue weighted by Gasteiger charge is 2.33. The van der Waals surface area contributed by atoms with E-state index in [4.69, 9.17) is 0 Å². The number of hydrogen-bond acceptors (Lipinski definition) is 3. The zero-order chi connectivity index (χ0) is 22.6. The van der Waals surface area contributed by atoms with Crippen molar-refractivity contribution in [3.63, 3.8) is 0 Å². The molecule has 31 heavy (non-hydrogen) atoms. The zero-order valence-corrected chi connectivity index (χ0v) is 18.8. The molecule has 4 rings (SSSR count). The minimum absolute atomic E-state index is 0.0516. The van der Waals surface area contributed by atoms with Crippen molar-refractivity contribution in [1.29, 1.82) is 0 Å². The maximum atomic E-state index is 13.2. The number of carbonyl (C=O) groups excluding carboxylic acids is 1. The van der Waals surface area contributed by atoms with E-state index in [1.54, 1.807) is 11.0 Å². The first-order valence-electron chi connectivity index (χ1n) is 10.5. The van der Waals surface area contributed by atoms with Crippen LogP contribution in [0.2, 0.25) is 0 Å². The summed E-state index contributed by atoms with van der Waals surface area (Å²) in [6, 6.07) is 8.66. The largest absolute Gasteiger partial charge is 0.508 e. The van der Waals surface area contributed by atoms with Crippen molar-refractivity contribution >= 4 is 28.3 Å². The number of fused-ring (bicyclic) bond motifs is 1. The van der Waals surface area contributed by atoms with Crippen LogP contribution in [0.5, 0.6) is 11.5 Å². The van der Waals surface area contributed by atoms with Gasteiger partial charge in [-0.1, -0.05) is 13.8 Å². The van der Waals surface area contributed by atoms with Gasteiger partial charge in [-0.15, -0.1) is 0 Å². The number of rotatable bonds is 3. The minimum Gasteiger partial charge on any atom is -0.508 e. The molecule has 6 nitrogen and oxygen atoms in total. The number of phenols is 2. The second-order valence-electron chi connectivity index (χ2n) is 8.75. The van der Waals surface area contributed by atoms with Crippen LogP contribution in [0, 0.1) is 6.92 Å². The van der Waals surface area contributed by atoms with Crippen molar-refractivity contribution in [1.82, 2.24) is 9.88 Å². The molecular weight excluding hydrogens is 390 g/mol. The zero-order valence-electron chi connectivity index (χ0n) is 18.8. The molecule has 6 heteroatoms. The lowest BCUT2D eigenvalue weighted by molar-refractivity contribution is 0.245. The van der Waals surface area contributed by atoms with Crippen LogP contribution in [0.1, 0.15) is 50.3 Å². The highest BCUT2D eigenvalue weighted by Crippen LogP contribution is 2.41. The molecule has 162 valence electrons. The van der Waals surface area contributed by atoms with E-state index < -0.39 is 0 Å². The molecule has 0 saturated carbocycles. The summed E-state index contributed by atoms with van der Waals surface area (Å²) in [5.74, 6) is 0.0580. The van der Waals surface area contributed by atoms with Gasteiger partial charge in [-0.3, -0.25) is 4.90 Å². The number of nitrogens with zero attached hydrogens (tertiary/aromatic N) is 2. The second-order valence-corrected chi connectivity index (χ2v) is 8.75. The van der Waals surface area contributed by atoms with Gasteiger partial charge in [0.2, 0.25) is 0 Å². The number of aryl methyl sites for hydroxylation is 2. The van der Waals surface area contributed by atoms with E-state index in [0.717, 1.165) is 33.3 Å². The molecule has 0 saturated heterocycles. The maximum absolute atomic E-state index is 13.2. The molecular formula is C25H29N3O3. The lowest BCUT2D eigenvalue weighted by atomic mass is 9.93. The number of anilines is 1. The topological polar surface area (TPSA) is 77.7 Å². The van der Waals surface area contributed by atoms with Crippen LogP contribution in [0.15, 0.2) is 42.1 Å². The predicted octanol–water partition coefficient (Wildman–Crippen LogP) is 5.37. The molecule has 0 spiro atoms. The van der Waals surface area contributed by atoms with Crippen LogP contribution < -0.4 is 10.2 Å². The molecule has 1 aliphatic heterocycles. The summed E-state index contributed by atoms with van der Waals surface area (Å²) in [7, 11) is 2.00.